The summed E-state index contributed by atoms with van der Waals surface area (Å²) in [5.41, 5.74) is 1.47. The van der Waals surface area contributed by atoms with E-state index in [1.807, 2.05) is 12.1 Å². The lowest BCUT2D eigenvalue weighted by Crippen LogP contribution is -2.27. The molecule has 0 spiro atoms. The third kappa shape index (κ3) is 6.66. The Morgan fingerprint density at radius 2 is 1.87 bits per heavy atom. The number of nitrogens with zero attached hydrogens (tertiary/aromatic N) is 2. The fraction of sp³-hybridized carbons (Fsp3) is 0.0870. The van der Waals surface area contributed by atoms with Crippen LogP contribution in [0.2, 0.25) is 0 Å². The molecule has 0 saturated carbocycles. The molecule has 2 aromatic rings. The largest absolute Gasteiger partial charge is 0.457 e. The molecule has 0 bridgehead atoms. The number of carbonyl (C=O) groups excluding carboxylic acids is 1. The summed E-state index contributed by atoms with van der Waals surface area (Å²) in [5.74, 6) is 0.139. The maximum atomic E-state index is 14.1. The molecule has 6 nitrogen and oxygen atoms in total. The average molecular weight is 402 g/mol. The van der Waals surface area contributed by atoms with Crippen LogP contribution >= 0.6 is 0 Å². The lowest BCUT2D eigenvalue weighted by Gasteiger charge is -2.11. The number of rotatable bonds is 7. The third-order valence-electron chi connectivity index (χ3n) is 3.83. The van der Waals surface area contributed by atoms with Crippen LogP contribution in [0, 0.1) is 28.5 Å². The van der Waals surface area contributed by atoms with Crippen LogP contribution in [0.3, 0.4) is 0 Å². The number of benzene rings is 2. The van der Waals surface area contributed by atoms with E-state index in [9.17, 15) is 9.18 Å². The van der Waals surface area contributed by atoms with Gasteiger partial charge in [0.15, 0.2) is 0 Å². The van der Waals surface area contributed by atoms with Crippen molar-refractivity contribution in [2.45, 2.75) is 13.3 Å². The molecule has 0 aromatic heterocycles. The number of urea groups is 1. The molecule has 0 radical (unpaired) electrons. The molecule has 0 heterocycles. The molecule has 0 aliphatic heterocycles. The lowest BCUT2D eigenvalue weighted by atomic mass is 10.1. The van der Waals surface area contributed by atoms with Crippen molar-refractivity contribution in [2.24, 2.45) is 0 Å². The monoisotopic (exact) mass is 402 g/mol. The Morgan fingerprint density at radius 1 is 1.17 bits per heavy atom. The van der Waals surface area contributed by atoms with Crippen molar-refractivity contribution < 1.29 is 13.9 Å². The van der Waals surface area contributed by atoms with Crippen LogP contribution < -0.4 is 15.4 Å². The first-order valence-corrected chi connectivity index (χ1v) is 8.90. The standard InChI is InChI=1S/C23H19FN4O2/c1-3-17(12-13-25)5-4-16(2)27-23(29)28-22-14-20(10-11-21(22)24)30-19-8-6-18(15-26)7-9-19/h3-11,14H,2,12H2,1H3,(H2,27,28,29)/b5-4-,17-3+. The molecule has 0 atom stereocenters. The van der Waals surface area contributed by atoms with Crippen molar-refractivity contribution in [2.75, 3.05) is 5.32 Å². The molecule has 0 aliphatic rings. The number of nitriles is 2. The Hall–Kier alpha value is -4.36. The van der Waals surface area contributed by atoms with E-state index in [0.717, 1.165) is 5.57 Å². The van der Waals surface area contributed by atoms with E-state index < -0.39 is 11.8 Å². The fourth-order valence-corrected chi connectivity index (χ4v) is 2.29. The molecule has 7 heteroatoms. The normalized spacial score (nSPS) is 10.7. The molecule has 2 N–H and O–H groups in total. The first-order chi connectivity index (χ1) is 14.4. The second kappa shape index (κ2) is 10.8. The van der Waals surface area contributed by atoms with Gasteiger partial charge in [-0.1, -0.05) is 18.7 Å². The minimum atomic E-state index is -0.679. The topological polar surface area (TPSA) is 97.9 Å². The highest BCUT2D eigenvalue weighted by atomic mass is 19.1. The highest BCUT2D eigenvalue weighted by Crippen LogP contribution is 2.26. The minimum absolute atomic E-state index is 0.0750. The molecule has 0 saturated heterocycles. The number of hydrogen-bond acceptors (Lipinski definition) is 4. The molecule has 2 aromatic carbocycles. The van der Waals surface area contributed by atoms with Crippen molar-refractivity contribution in [3.8, 4) is 23.6 Å². The van der Waals surface area contributed by atoms with Gasteiger partial charge in [0, 0.05) is 11.8 Å². The van der Waals surface area contributed by atoms with Crippen molar-refractivity contribution in [3.05, 3.63) is 89.9 Å². The predicted molar refractivity (Wildman–Crippen MR) is 112 cm³/mol. The van der Waals surface area contributed by atoms with Crippen LogP contribution in [0.4, 0.5) is 14.9 Å². The summed E-state index contributed by atoms with van der Waals surface area (Å²) in [7, 11) is 0. The molecule has 2 amide bonds. The van der Waals surface area contributed by atoms with Gasteiger partial charge < -0.3 is 15.4 Å². The summed E-state index contributed by atoms with van der Waals surface area (Å²) in [6.07, 6.45) is 5.23. The third-order valence-corrected chi connectivity index (χ3v) is 3.83. The highest BCUT2D eigenvalue weighted by molar-refractivity contribution is 5.91. The zero-order chi connectivity index (χ0) is 21.9. The molecular formula is C23H19FN4O2. The SMILES string of the molecule is C=C(/C=C\C(=C/C)CC#N)NC(=O)Nc1cc(Oc2ccc(C#N)cc2)ccc1F. The number of nitrogens with one attached hydrogen (secondary N) is 2. The van der Waals surface area contributed by atoms with E-state index in [0.29, 0.717) is 17.1 Å². The zero-order valence-corrected chi connectivity index (χ0v) is 16.3. The van der Waals surface area contributed by atoms with E-state index in [1.165, 1.54) is 18.2 Å². The van der Waals surface area contributed by atoms with Crippen molar-refractivity contribution >= 4 is 11.7 Å². The van der Waals surface area contributed by atoms with Crippen LogP contribution in [0.1, 0.15) is 18.9 Å². The molecule has 0 fully saturated rings. The van der Waals surface area contributed by atoms with Gasteiger partial charge >= 0.3 is 6.03 Å². The van der Waals surface area contributed by atoms with E-state index in [-0.39, 0.29) is 17.8 Å². The second-order valence-electron chi connectivity index (χ2n) is 6.02. The maximum Gasteiger partial charge on any atom is 0.323 e. The smallest absolute Gasteiger partial charge is 0.323 e. The number of carbonyl (C=O) groups is 1. The van der Waals surface area contributed by atoms with Gasteiger partial charge in [-0.3, -0.25) is 0 Å². The van der Waals surface area contributed by atoms with E-state index in [2.05, 4.69) is 17.2 Å². The van der Waals surface area contributed by atoms with Crippen LogP contribution in [0.25, 0.3) is 0 Å². The second-order valence-corrected chi connectivity index (χ2v) is 6.02. The van der Waals surface area contributed by atoms with E-state index >= 15 is 0 Å². The van der Waals surface area contributed by atoms with Crippen molar-refractivity contribution in [3.63, 3.8) is 0 Å². The summed E-state index contributed by atoms with van der Waals surface area (Å²) < 4.78 is 19.7. The first-order valence-electron chi connectivity index (χ1n) is 8.90. The van der Waals surface area contributed by atoms with Gasteiger partial charge in [-0.05, 0) is 55.0 Å². The number of anilines is 1. The summed E-state index contributed by atoms with van der Waals surface area (Å²) >= 11 is 0. The maximum absolute atomic E-state index is 14.1. The van der Waals surface area contributed by atoms with Gasteiger partial charge in [0.05, 0.1) is 29.8 Å². The highest BCUT2D eigenvalue weighted by Gasteiger charge is 2.09. The summed E-state index contributed by atoms with van der Waals surface area (Å²) in [5, 5.41) is 22.4. The average Bonchev–Trinajstić information content (AvgIpc) is 2.74. The van der Waals surface area contributed by atoms with E-state index in [1.54, 1.807) is 49.4 Å². The van der Waals surface area contributed by atoms with Crippen LogP contribution in [-0.2, 0) is 0 Å². The predicted octanol–water partition coefficient (Wildman–Crippen LogP) is 5.54. The first kappa shape index (κ1) is 21.9. The van der Waals surface area contributed by atoms with Crippen molar-refractivity contribution in [1.82, 2.24) is 5.32 Å². The van der Waals surface area contributed by atoms with Gasteiger partial charge in [-0.2, -0.15) is 10.5 Å². The molecule has 30 heavy (non-hydrogen) atoms. The molecule has 0 aliphatic carbocycles. The summed E-state index contributed by atoms with van der Waals surface area (Å²) in [6, 6.07) is 13.7. The van der Waals surface area contributed by atoms with Gasteiger partial charge in [0.2, 0.25) is 0 Å². The van der Waals surface area contributed by atoms with Gasteiger partial charge in [0.1, 0.15) is 17.3 Å². The zero-order valence-electron chi connectivity index (χ0n) is 16.3. The number of allylic oxidation sites excluding steroid dienone is 4. The van der Waals surface area contributed by atoms with E-state index in [4.69, 9.17) is 15.3 Å². The van der Waals surface area contributed by atoms with Gasteiger partial charge in [0.25, 0.3) is 0 Å². The number of amides is 2. The number of hydrogen-bond donors (Lipinski definition) is 2. The summed E-state index contributed by atoms with van der Waals surface area (Å²) in [4.78, 5) is 12.1. The Bertz CT molecular complexity index is 1070. The van der Waals surface area contributed by atoms with Crippen LogP contribution in [0.5, 0.6) is 11.5 Å². The Kier molecular flexibility index (Phi) is 7.93. The number of ether oxygens (including phenoxy) is 1. The van der Waals surface area contributed by atoms with Crippen molar-refractivity contribution in [1.29, 1.82) is 10.5 Å². The minimum Gasteiger partial charge on any atom is -0.457 e. The fourth-order valence-electron chi connectivity index (χ4n) is 2.29. The Labute approximate surface area is 174 Å². The van der Waals surface area contributed by atoms with Crippen LogP contribution in [-0.4, -0.2) is 6.03 Å². The Morgan fingerprint density at radius 3 is 2.50 bits per heavy atom. The summed E-state index contributed by atoms with van der Waals surface area (Å²) in [6.45, 7) is 5.50. The van der Waals surface area contributed by atoms with Gasteiger partial charge in [-0.25, -0.2) is 9.18 Å². The van der Waals surface area contributed by atoms with Gasteiger partial charge in [-0.15, -0.1) is 0 Å². The lowest BCUT2D eigenvalue weighted by molar-refractivity contribution is 0.254. The number of halogens is 1. The van der Waals surface area contributed by atoms with Crippen LogP contribution in [0.15, 0.2) is 78.5 Å². The molecule has 150 valence electrons. The molecule has 0 unspecified atom stereocenters. The Balaban J connectivity index is 2.01. The molecular weight excluding hydrogens is 383 g/mol. The molecule has 2 rings (SSSR count). The quantitative estimate of drug-likeness (QED) is 0.594.